The Kier molecular flexibility index (Phi) is 8.61. The lowest BCUT2D eigenvalue weighted by Crippen LogP contribution is -2.51. The van der Waals surface area contributed by atoms with Crippen LogP contribution in [0.5, 0.6) is 11.5 Å². The summed E-state index contributed by atoms with van der Waals surface area (Å²) in [5.41, 5.74) is 2.15. The number of fused-ring (bicyclic) bond motifs is 1. The fourth-order valence-electron chi connectivity index (χ4n) is 3.71. The first-order valence-corrected chi connectivity index (χ1v) is 13.3. The van der Waals surface area contributed by atoms with E-state index in [4.69, 9.17) is 9.47 Å². The zero-order valence-corrected chi connectivity index (χ0v) is 21.4. The Bertz CT molecular complexity index is 1170. The molecule has 0 spiro atoms. The highest BCUT2D eigenvalue weighted by molar-refractivity contribution is 7.92. The smallest absolute Gasteiger partial charge is 0.244 e. The second-order valence-electron chi connectivity index (χ2n) is 8.36. The average molecular weight is 504 g/mol. The molecular formula is C25H33N3O6S. The molecule has 1 aliphatic heterocycles. The highest BCUT2D eigenvalue weighted by atomic mass is 32.2. The van der Waals surface area contributed by atoms with Crippen LogP contribution in [0.4, 0.5) is 5.69 Å². The lowest BCUT2D eigenvalue weighted by Gasteiger charge is -2.32. The summed E-state index contributed by atoms with van der Waals surface area (Å²) in [5, 5.41) is 2.83. The summed E-state index contributed by atoms with van der Waals surface area (Å²) in [4.78, 5) is 27.9. The summed E-state index contributed by atoms with van der Waals surface area (Å²) >= 11 is 0. The standard InChI is InChI=1S/C25H33N3O6S/c1-5-13-26-25(30)19(4)27(15-20-10-8-7-9-18(20)3)24(29)16-28(35(31,32)6-2)21-11-12-22-23(14-21)34-17-33-22/h7-12,14,19H,5-6,13,15-17H2,1-4H3,(H,26,30)/t19-/m0/s1. The maximum atomic E-state index is 13.6. The molecule has 2 aromatic carbocycles. The lowest BCUT2D eigenvalue weighted by molar-refractivity contribution is -0.139. The topological polar surface area (TPSA) is 105 Å². The number of hydrogen-bond acceptors (Lipinski definition) is 6. The van der Waals surface area contributed by atoms with Crippen molar-refractivity contribution in [2.75, 3.05) is 29.9 Å². The van der Waals surface area contributed by atoms with Gasteiger partial charge in [0.15, 0.2) is 11.5 Å². The monoisotopic (exact) mass is 503 g/mol. The minimum atomic E-state index is -3.81. The minimum Gasteiger partial charge on any atom is -0.454 e. The molecule has 0 fully saturated rings. The number of aryl methyl sites for hydroxylation is 1. The number of rotatable bonds is 11. The number of hydrogen-bond donors (Lipinski definition) is 1. The highest BCUT2D eigenvalue weighted by Gasteiger charge is 2.31. The number of carbonyl (C=O) groups excluding carboxylic acids is 2. The number of carbonyl (C=O) groups is 2. The van der Waals surface area contributed by atoms with Gasteiger partial charge >= 0.3 is 0 Å². The number of amides is 2. The van der Waals surface area contributed by atoms with E-state index in [2.05, 4.69) is 5.32 Å². The molecule has 0 radical (unpaired) electrons. The normalized spacial score (nSPS) is 13.3. The maximum absolute atomic E-state index is 13.6. The van der Waals surface area contributed by atoms with Crippen LogP contribution in [0.15, 0.2) is 42.5 Å². The Morgan fingerprint density at radius 3 is 2.49 bits per heavy atom. The molecule has 0 bridgehead atoms. The Morgan fingerprint density at radius 1 is 1.09 bits per heavy atom. The molecular weight excluding hydrogens is 470 g/mol. The molecule has 1 N–H and O–H groups in total. The third kappa shape index (κ3) is 6.25. The molecule has 0 aromatic heterocycles. The van der Waals surface area contributed by atoms with E-state index >= 15 is 0 Å². The summed E-state index contributed by atoms with van der Waals surface area (Å²) in [7, 11) is -3.81. The molecule has 190 valence electrons. The Morgan fingerprint density at radius 2 is 1.80 bits per heavy atom. The average Bonchev–Trinajstić information content (AvgIpc) is 3.32. The van der Waals surface area contributed by atoms with Crippen molar-refractivity contribution >= 4 is 27.5 Å². The molecule has 2 amide bonds. The Labute approximate surface area is 207 Å². The molecule has 1 atom stereocenters. The molecule has 35 heavy (non-hydrogen) atoms. The number of benzene rings is 2. The van der Waals surface area contributed by atoms with Crippen molar-refractivity contribution in [3.63, 3.8) is 0 Å². The van der Waals surface area contributed by atoms with Gasteiger partial charge in [0.05, 0.1) is 11.4 Å². The number of anilines is 1. The van der Waals surface area contributed by atoms with Crippen LogP contribution in [-0.4, -0.2) is 56.8 Å². The molecule has 9 nitrogen and oxygen atoms in total. The van der Waals surface area contributed by atoms with Crippen LogP contribution in [0.1, 0.15) is 38.3 Å². The van der Waals surface area contributed by atoms with Gasteiger partial charge in [0.1, 0.15) is 12.6 Å². The van der Waals surface area contributed by atoms with E-state index in [1.54, 1.807) is 25.1 Å². The molecule has 10 heteroatoms. The predicted molar refractivity (Wildman–Crippen MR) is 134 cm³/mol. The fourth-order valence-corrected chi connectivity index (χ4v) is 4.76. The third-order valence-corrected chi connectivity index (χ3v) is 7.68. The predicted octanol–water partition coefficient (Wildman–Crippen LogP) is 2.82. The quantitative estimate of drug-likeness (QED) is 0.506. The van der Waals surface area contributed by atoms with Crippen molar-refractivity contribution in [2.45, 2.75) is 46.7 Å². The van der Waals surface area contributed by atoms with Crippen molar-refractivity contribution < 1.29 is 27.5 Å². The number of ether oxygens (including phenoxy) is 2. The first kappa shape index (κ1) is 26.3. The van der Waals surface area contributed by atoms with Gasteiger partial charge in [-0.05, 0) is 50.5 Å². The van der Waals surface area contributed by atoms with E-state index in [9.17, 15) is 18.0 Å². The molecule has 1 heterocycles. The van der Waals surface area contributed by atoms with Gasteiger partial charge in [0, 0.05) is 19.2 Å². The fraction of sp³-hybridized carbons (Fsp3) is 0.440. The zero-order valence-electron chi connectivity index (χ0n) is 20.6. The molecule has 0 saturated heterocycles. The van der Waals surface area contributed by atoms with Crippen LogP contribution >= 0.6 is 0 Å². The van der Waals surface area contributed by atoms with E-state index < -0.39 is 28.5 Å². The Balaban J connectivity index is 1.94. The summed E-state index contributed by atoms with van der Waals surface area (Å²) in [6.45, 7) is 7.31. The summed E-state index contributed by atoms with van der Waals surface area (Å²) in [6.07, 6.45) is 0.761. The van der Waals surface area contributed by atoms with Gasteiger partial charge in [-0.1, -0.05) is 31.2 Å². The second kappa shape index (κ2) is 11.4. The summed E-state index contributed by atoms with van der Waals surface area (Å²) < 4.78 is 37.8. The van der Waals surface area contributed by atoms with E-state index in [0.717, 1.165) is 21.9 Å². The number of nitrogens with one attached hydrogen (secondary N) is 1. The number of nitrogens with zero attached hydrogens (tertiary/aromatic N) is 2. The van der Waals surface area contributed by atoms with Gasteiger partial charge in [-0.15, -0.1) is 0 Å². The van der Waals surface area contributed by atoms with E-state index in [1.807, 2.05) is 38.1 Å². The van der Waals surface area contributed by atoms with Gasteiger partial charge in [0.2, 0.25) is 28.6 Å². The lowest BCUT2D eigenvalue weighted by atomic mass is 10.1. The first-order chi connectivity index (χ1) is 16.7. The second-order valence-corrected chi connectivity index (χ2v) is 10.5. The molecule has 0 unspecified atom stereocenters. The highest BCUT2D eigenvalue weighted by Crippen LogP contribution is 2.36. The van der Waals surface area contributed by atoms with Crippen molar-refractivity contribution in [1.82, 2.24) is 10.2 Å². The zero-order chi connectivity index (χ0) is 25.6. The van der Waals surface area contributed by atoms with E-state index in [-0.39, 0.29) is 25.0 Å². The van der Waals surface area contributed by atoms with E-state index in [1.165, 1.54) is 11.8 Å². The SMILES string of the molecule is CCCNC(=O)[C@H](C)N(Cc1ccccc1C)C(=O)CN(c1ccc2c(c1)OCO2)S(=O)(=O)CC. The Hall–Kier alpha value is -3.27. The third-order valence-electron chi connectivity index (χ3n) is 5.94. The van der Waals surface area contributed by atoms with Crippen LogP contribution in [0.25, 0.3) is 0 Å². The van der Waals surface area contributed by atoms with Gasteiger partial charge in [0.25, 0.3) is 0 Å². The van der Waals surface area contributed by atoms with Crippen LogP contribution in [-0.2, 0) is 26.2 Å². The van der Waals surface area contributed by atoms with Crippen LogP contribution < -0.4 is 19.1 Å². The van der Waals surface area contributed by atoms with Gasteiger partial charge in [-0.25, -0.2) is 8.42 Å². The molecule has 1 aliphatic rings. The van der Waals surface area contributed by atoms with Crippen LogP contribution in [0.3, 0.4) is 0 Å². The van der Waals surface area contributed by atoms with Gasteiger partial charge < -0.3 is 19.7 Å². The van der Waals surface area contributed by atoms with Crippen LogP contribution in [0.2, 0.25) is 0 Å². The summed E-state index contributed by atoms with van der Waals surface area (Å²) in [5.74, 6) is -0.0468. The van der Waals surface area contributed by atoms with Gasteiger partial charge in [-0.3, -0.25) is 13.9 Å². The van der Waals surface area contributed by atoms with Crippen molar-refractivity contribution in [3.05, 3.63) is 53.6 Å². The van der Waals surface area contributed by atoms with Crippen molar-refractivity contribution in [3.8, 4) is 11.5 Å². The van der Waals surface area contributed by atoms with Crippen molar-refractivity contribution in [2.24, 2.45) is 0 Å². The number of sulfonamides is 1. The van der Waals surface area contributed by atoms with Crippen molar-refractivity contribution in [1.29, 1.82) is 0 Å². The van der Waals surface area contributed by atoms with Gasteiger partial charge in [-0.2, -0.15) is 0 Å². The molecule has 2 aromatic rings. The molecule has 3 rings (SSSR count). The first-order valence-electron chi connectivity index (χ1n) is 11.7. The minimum absolute atomic E-state index is 0.0484. The van der Waals surface area contributed by atoms with Crippen LogP contribution in [0, 0.1) is 6.92 Å². The molecule has 0 aliphatic carbocycles. The largest absolute Gasteiger partial charge is 0.454 e. The molecule has 0 saturated carbocycles. The van der Waals surface area contributed by atoms with E-state index in [0.29, 0.717) is 23.7 Å². The maximum Gasteiger partial charge on any atom is 0.244 e. The summed E-state index contributed by atoms with van der Waals surface area (Å²) in [6, 6.07) is 11.5.